The van der Waals surface area contributed by atoms with Crippen molar-refractivity contribution in [2.75, 3.05) is 5.32 Å². The number of rotatable bonds is 5. The third-order valence-corrected chi connectivity index (χ3v) is 6.44. The van der Waals surface area contributed by atoms with Crippen LogP contribution in [-0.4, -0.2) is 25.7 Å². The summed E-state index contributed by atoms with van der Waals surface area (Å²) in [6, 6.07) is 17.7. The molecule has 0 aliphatic carbocycles. The first kappa shape index (κ1) is 22.7. The van der Waals surface area contributed by atoms with Crippen LogP contribution >= 0.6 is 15.9 Å². The molecule has 0 aliphatic heterocycles. The van der Waals surface area contributed by atoms with Crippen molar-refractivity contribution in [1.29, 1.82) is 0 Å². The van der Waals surface area contributed by atoms with Gasteiger partial charge < -0.3 is 5.32 Å². The third-order valence-electron chi connectivity index (χ3n) is 5.84. The first-order valence-corrected chi connectivity index (χ1v) is 11.6. The summed E-state index contributed by atoms with van der Waals surface area (Å²) in [4.78, 5) is 30.5. The molecule has 0 fully saturated rings. The van der Waals surface area contributed by atoms with Gasteiger partial charge in [0.1, 0.15) is 10.4 Å². The number of nitrogens with one attached hydrogen (secondary N) is 2. The summed E-state index contributed by atoms with van der Waals surface area (Å²) in [6.45, 7) is 1.88. The number of carbonyl (C=O) groups is 1. The van der Waals surface area contributed by atoms with E-state index in [0.717, 1.165) is 21.3 Å². The average molecular weight is 532 g/mol. The molecule has 0 aliphatic rings. The van der Waals surface area contributed by atoms with E-state index >= 15 is 0 Å². The number of benzene rings is 3. The topological polar surface area (TPSA) is 92.7 Å². The van der Waals surface area contributed by atoms with Gasteiger partial charge in [-0.05, 0) is 82.5 Å². The Balaban J connectivity index is 1.43. The van der Waals surface area contributed by atoms with Crippen molar-refractivity contribution in [1.82, 2.24) is 19.7 Å². The Hall–Kier alpha value is -4.11. The van der Waals surface area contributed by atoms with Gasteiger partial charge in [-0.1, -0.05) is 18.2 Å². The van der Waals surface area contributed by atoms with E-state index in [-0.39, 0.29) is 23.3 Å². The quantitative estimate of drug-likeness (QED) is 0.311. The van der Waals surface area contributed by atoms with E-state index in [1.807, 2.05) is 25.1 Å². The lowest BCUT2D eigenvalue weighted by molar-refractivity contribution is 0.102. The number of H-pyrrole nitrogens is 1. The summed E-state index contributed by atoms with van der Waals surface area (Å²) in [5, 5.41) is 10.1. The van der Waals surface area contributed by atoms with Gasteiger partial charge in [0, 0.05) is 16.8 Å². The van der Waals surface area contributed by atoms with Crippen molar-refractivity contribution in [2.45, 2.75) is 13.0 Å². The number of hydrogen-bond acceptors (Lipinski definition) is 4. The molecule has 1 amide bonds. The number of carbonyl (C=O) groups excluding carboxylic acids is 1. The maximum Gasteiger partial charge on any atom is 0.261 e. The van der Waals surface area contributed by atoms with E-state index in [0.29, 0.717) is 22.2 Å². The Morgan fingerprint density at radius 1 is 1.11 bits per heavy atom. The number of amides is 1. The molecule has 0 bridgehead atoms. The summed E-state index contributed by atoms with van der Waals surface area (Å²) in [5.74, 6) is -0.702. The number of nitrogens with zero attached hydrogens (tertiary/aromatic N) is 3. The summed E-state index contributed by atoms with van der Waals surface area (Å²) < 4.78 is 15.4. The minimum Gasteiger partial charge on any atom is -0.322 e. The highest BCUT2D eigenvalue weighted by molar-refractivity contribution is 9.10. The molecule has 0 spiro atoms. The molecule has 2 aromatic heterocycles. The largest absolute Gasteiger partial charge is 0.322 e. The Labute approximate surface area is 207 Å². The summed E-state index contributed by atoms with van der Waals surface area (Å²) in [7, 11) is 0. The minimum absolute atomic E-state index is 0.179. The molecule has 2 heterocycles. The molecule has 0 radical (unpaired) electrons. The zero-order chi connectivity index (χ0) is 24.5. The Morgan fingerprint density at radius 2 is 1.91 bits per heavy atom. The van der Waals surface area contributed by atoms with Crippen LogP contribution in [0.2, 0.25) is 0 Å². The maximum absolute atomic E-state index is 13.3. The second-order valence-corrected chi connectivity index (χ2v) is 8.84. The monoisotopic (exact) mass is 531 g/mol. The number of aromatic nitrogens is 4. The summed E-state index contributed by atoms with van der Waals surface area (Å²) in [6.07, 6.45) is 3.22. The minimum atomic E-state index is -0.376. The van der Waals surface area contributed by atoms with Crippen molar-refractivity contribution >= 4 is 38.4 Å². The van der Waals surface area contributed by atoms with E-state index in [1.165, 1.54) is 30.6 Å². The fraction of sp³-hybridized carbons (Fsp3) is 0.0769. The van der Waals surface area contributed by atoms with Crippen LogP contribution in [0.1, 0.15) is 28.9 Å². The van der Waals surface area contributed by atoms with E-state index in [4.69, 9.17) is 0 Å². The lowest BCUT2D eigenvalue weighted by Gasteiger charge is -2.17. The molecule has 0 saturated heterocycles. The number of aromatic amines is 1. The highest BCUT2D eigenvalue weighted by Crippen LogP contribution is 2.28. The zero-order valence-corrected chi connectivity index (χ0v) is 20.1. The second kappa shape index (κ2) is 9.27. The highest BCUT2D eigenvalue weighted by Gasteiger charge is 2.16. The van der Waals surface area contributed by atoms with Gasteiger partial charge in [0.2, 0.25) is 0 Å². The SMILES string of the molecule is C[C@H](c1cccc(C(=O)Nc2ccc(F)cc2)c1)n1cnc2cc(-c3cn[nH]c3Br)ccc2c1=O. The number of hydrogen-bond donors (Lipinski definition) is 2. The molecular weight excluding hydrogens is 513 g/mol. The number of fused-ring (bicyclic) bond motifs is 1. The Bertz CT molecular complexity index is 1610. The van der Waals surface area contributed by atoms with E-state index in [2.05, 4.69) is 36.4 Å². The second-order valence-electron chi connectivity index (χ2n) is 8.05. The lowest BCUT2D eigenvalue weighted by atomic mass is 10.0. The van der Waals surface area contributed by atoms with Crippen LogP contribution in [0.5, 0.6) is 0 Å². The van der Waals surface area contributed by atoms with Gasteiger partial charge >= 0.3 is 0 Å². The molecule has 35 heavy (non-hydrogen) atoms. The average Bonchev–Trinajstić information content (AvgIpc) is 3.31. The molecule has 9 heteroatoms. The van der Waals surface area contributed by atoms with Crippen LogP contribution < -0.4 is 10.9 Å². The zero-order valence-electron chi connectivity index (χ0n) is 18.5. The molecule has 5 rings (SSSR count). The predicted molar refractivity (Wildman–Crippen MR) is 136 cm³/mol. The van der Waals surface area contributed by atoms with Crippen molar-refractivity contribution in [2.24, 2.45) is 0 Å². The predicted octanol–water partition coefficient (Wildman–Crippen LogP) is 5.55. The van der Waals surface area contributed by atoms with Gasteiger partial charge in [-0.25, -0.2) is 9.37 Å². The van der Waals surface area contributed by atoms with Gasteiger partial charge in [0.15, 0.2) is 0 Å². The molecule has 0 unspecified atom stereocenters. The molecule has 1 atom stereocenters. The normalized spacial score (nSPS) is 12.0. The van der Waals surface area contributed by atoms with Crippen LogP contribution in [0, 0.1) is 5.82 Å². The van der Waals surface area contributed by atoms with Gasteiger partial charge in [-0.2, -0.15) is 5.10 Å². The van der Waals surface area contributed by atoms with Crippen molar-refractivity contribution in [3.63, 3.8) is 0 Å². The van der Waals surface area contributed by atoms with E-state index in [1.54, 1.807) is 35.0 Å². The van der Waals surface area contributed by atoms with Crippen molar-refractivity contribution < 1.29 is 9.18 Å². The number of anilines is 1. The Morgan fingerprint density at radius 3 is 2.66 bits per heavy atom. The van der Waals surface area contributed by atoms with Gasteiger partial charge in [-0.15, -0.1) is 0 Å². The fourth-order valence-corrected chi connectivity index (χ4v) is 4.32. The van der Waals surface area contributed by atoms with Crippen LogP contribution in [0.25, 0.3) is 22.0 Å². The lowest BCUT2D eigenvalue weighted by Crippen LogP contribution is -2.24. The van der Waals surface area contributed by atoms with E-state index in [9.17, 15) is 14.0 Å². The van der Waals surface area contributed by atoms with Crippen LogP contribution in [0.15, 0.2) is 88.7 Å². The molecule has 5 aromatic rings. The van der Waals surface area contributed by atoms with Gasteiger partial charge in [0.05, 0.1) is 29.5 Å². The molecular formula is C26H19BrFN5O2. The van der Waals surface area contributed by atoms with Gasteiger partial charge in [0.25, 0.3) is 11.5 Å². The molecule has 2 N–H and O–H groups in total. The smallest absolute Gasteiger partial charge is 0.261 e. The maximum atomic E-state index is 13.3. The first-order valence-electron chi connectivity index (χ1n) is 10.8. The molecule has 0 saturated carbocycles. The molecule has 7 nitrogen and oxygen atoms in total. The first-order chi connectivity index (χ1) is 16.9. The van der Waals surface area contributed by atoms with Crippen LogP contribution in [0.4, 0.5) is 10.1 Å². The summed E-state index contributed by atoms with van der Waals surface area (Å²) >= 11 is 3.43. The van der Waals surface area contributed by atoms with Crippen LogP contribution in [0.3, 0.4) is 0 Å². The van der Waals surface area contributed by atoms with Crippen LogP contribution in [-0.2, 0) is 0 Å². The Kier molecular flexibility index (Phi) is 6.00. The summed E-state index contributed by atoms with van der Waals surface area (Å²) in [5.41, 5.74) is 3.86. The fourth-order valence-electron chi connectivity index (χ4n) is 3.89. The van der Waals surface area contributed by atoms with Gasteiger partial charge in [-0.3, -0.25) is 19.3 Å². The molecule has 3 aromatic carbocycles. The standard InChI is InChI=1S/C26H19BrFN5O2/c1-15(16-3-2-4-18(11-16)25(34)31-20-8-6-19(28)7-9-20)33-14-29-23-12-17(5-10-21(23)26(33)35)22-13-30-32-24(22)27/h2-15H,1H3,(H,30,32)(H,31,34)/t15-/m1/s1. The highest BCUT2D eigenvalue weighted by atomic mass is 79.9. The van der Waals surface area contributed by atoms with E-state index < -0.39 is 0 Å². The van der Waals surface area contributed by atoms with Crippen molar-refractivity contribution in [3.05, 3.63) is 111 Å². The molecule has 174 valence electrons. The third kappa shape index (κ3) is 4.50. The number of halogens is 2. The van der Waals surface area contributed by atoms with Crippen molar-refractivity contribution in [3.8, 4) is 11.1 Å².